The van der Waals surface area contributed by atoms with Crippen molar-refractivity contribution in [3.63, 3.8) is 0 Å². The molecule has 6 N–H and O–H groups in total. The molecule has 1 amide bonds. The maximum atomic E-state index is 11.7. The zero-order valence-corrected chi connectivity index (χ0v) is 15.9. The van der Waals surface area contributed by atoms with Gasteiger partial charge in [-0.05, 0) is 30.9 Å². The minimum absolute atomic E-state index is 0.167. The average Bonchev–Trinajstić information content (AvgIpc) is 2.98. The number of aromatic nitrogens is 1. The van der Waals surface area contributed by atoms with E-state index in [4.69, 9.17) is 21.6 Å². The van der Waals surface area contributed by atoms with Crippen molar-refractivity contribution in [2.45, 2.75) is 38.6 Å². The smallest absolute Gasteiger partial charge is 0.260 e. The first-order chi connectivity index (χ1) is 12.5. The van der Waals surface area contributed by atoms with Gasteiger partial charge in [-0.15, -0.1) is 11.3 Å². The van der Waals surface area contributed by atoms with Gasteiger partial charge in [0.1, 0.15) is 15.5 Å². The highest BCUT2D eigenvalue weighted by atomic mass is 32.1. The van der Waals surface area contributed by atoms with Crippen LogP contribution < -0.4 is 21.7 Å². The quantitative estimate of drug-likeness (QED) is 0.581. The molecule has 0 spiro atoms. The molecule has 1 saturated heterocycles. The number of primary amides is 1. The Hall–Kier alpha value is -1.90. The van der Waals surface area contributed by atoms with Crippen molar-refractivity contribution < 1.29 is 9.90 Å². The molecule has 0 aromatic carbocycles. The number of hydrogen-bond donors (Lipinski definition) is 4. The van der Waals surface area contributed by atoms with Crippen molar-refractivity contribution in [1.29, 1.82) is 0 Å². The van der Waals surface area contributed by atoms with Gasteiger partial charge in [0.05, 0.1) is 12.3 Å². The SMILES string of the molecule is CCCc1cc(N2CCC(NCCO)CC2)nc2sc(C(N)=O)c(N)c12. The molecule has 0 aliphatic carbocycles. The lowest BCUT2D eigenvalue weighted by atomic mass is 10.0. The minimum Gasteiger partial charge on any atom is -0.397 e. The number of thiophene rings is 1. The Kier molecular flexibility index (Phi) is 5.95. The van der Waals surface area contributed by atoms with E-state index in [1.807, 2.05) is 0 Å². The summed E-state index contributed by atoms with van der Waals surface area (Å²) in [6, 6.07) is 2.55. The Balaban J connectivity index is 1.89. The maximum absolute atomic E-state index is 11.7. The Morgan fingerprint density at radius 3 is 2.81 bits per heavy atom. The lowest BCUT2D eigenvalue weighted by Gasteiger charge is -2.33. The Morgan fingerprint density at radius 2 is 2.19 bits per heavy atom. The lowest BCUT2D eigenvalue weighted by Crippen LogP contribution is -2.43. The van der Waals surface area contributed by atoms with Crippen LogP contribution in [0.5, 0.6) is 0 Å². The lowest BCUT2D eigenvalue weighted by molar-refractivity contribution is 0.100. The number of carbonyl (C=O) groups excluding carboxylic acids is 1. The van der Waals surface area contributed by atoms with Gasteiger partial charge < -0.3 is 26.8 Å². The van der Waals surface area contributed by atoms with Gasteiger partial charge in [-0.25, -0.2) is 4.98 Å². The molecular weight excluding hydrogens is 350 g/mol. The molecule has 3 heterocycles. The van der Waals surface area contributed by atoms with Crippen molar-refractivity contribution in [3.8, 4) is 0 Å². The summed E-state index contributed by atoms with van der Waals surface area (Å²) in [5.74, 6) is 0.448. The minimum atomic E-state index is -0.495. The third-order valence-corrected chi connectivity index (χ3v) is 5.99. The van der Waals surface area contributed by atoms with Gasteiger partial charge in [0, 0.05) is 31.1 Å². The first kappa shape index (κ1) is 18.9. The van der Waals surface area contributed by atoms with Crippen molar-refractivity contribution >= 4 is 39.0 Å². The predicted octanol–water partition coefficient (Wildman–Crippen LogP) is 1.48. The van der Waals surface area contributed by atoms with Gasteiger partial charge in [0.25, 0.3) is 5.91 Å². The molecular formula is C18H27N5O2S. The molecule has 2 aromatic heterocycles. The highest BCUT2D eigenvalue weighted by Crippen LogP contribution is 2.37. The third-order valence-electron chi connectivity index (χ3n) is 4.87. The molecule has 1 aliphatic heterocycles. The van der Waals surface area contributed by atoms with E-state index in [9.17, 15) is 4.79 Å². The number of aliphatic hydroxyl groups excluding tert-OH is 1. The van der Waals surface area contributed by atoms with E-state index in [1.54, 1.807) is 0 Å². The molecule has 0 unspecified atom stereocenters. The second kappa shape index (κ2) is 8.20. The van der Waals surface area contributed by atoms with Crippen LogP contribution in [0.1, 0.15) is 41.4 Å². The summed E-state index contributed by atoms with van der Waals surface area (Å²) in [5.41, 5.74) is 13.3. The molecule has 3 rings (SSSR count). The number of hydrogen-bond acceptors (Lipinski definition) is 7. The van der Waals surface area contributed by atoms with Gasteiger partial charge in [0.2, 0.25) is 0 Å². The van der Waals surface area contributed by atoms with Crippen LogP contribution in [0.2, 0.25) is 0 Å². The summed E-state index contributed by atoms with van der Waals surface area (Å²) in [7, 11) is 0. The zero-order chi connectivity index (χ0) is 18.7. The number of aliphatic hydroxyl groups is 1. The average molecular weight is 378 g/mol. The third kappa shape index (κ3) is 3.77. The van der Waals surface area contributed by atoms with Gasteiger partial charge in [-0.2, -0.15) is 0 Å². The molecule has 26 heavy (non-hydrogen) atoms. The molecule has 0 atom stereocenters. The highest BCUT2D eigenvalue weighted by molar-refractivity contribution is 7.21. The predicted molar refractivity (Wildman–Crippen MR) is 107 cm³/mol. The summed E-state index contributed by atoms with van der Waals surface area (Å²) in [6.07, 6.45) is 3.91. The van der Waals surface area contributed by atoms with Crippen molar-refractivity contribution in [2.75, 3.05) is 36.9 Å². The van der Waals surface area contributed by atoms with E-state index >= 15 is 0 Å². The van der Waals surface area contributed by atoms with Crippen molar-refractivity contribution in [1.82, 2.24) is 10.3 Å². The highest BCUT2D eigenvalue weighted by Gasteiger charge is 2.23. The normalized spacial score (nSPS) is 15.7. The topological polar surface area (TPSA) is 117 Å². The summed E-state index contributed by atoms with van der Waals surface area (Å²) in [6.45, 7) is 4.76. The van der Waals surface area contributed by atoms with Crippen LogP contribution >= 0.6 is 11.3 Å². The second-order valence-corrected chi connectivity index (χ2v) is 7.72. The fourth-order valence-electron chi connectivity index (χ4n) is 3.58. The van der Waals surface area contributed by atoms with Gasteiger partial charge in [-0.3, -0.25) is 4.79 Å². The first-order valence-corrected chi connectivity index (χ1v) is 9.97. The maximum Gasteiger partial charge on any atom is 0.260 e. The fraction of sp³-hybridized carbons (Fsp3) is 0.556. The molecule has 142 valence electrons. The van der Waals surface area contributed by atoms with Gasteiger partial charge in [0.15, 0.2) is 0 Å². The van der Waals surface area contributed by atoms with Crippen LogP contribution in [0.3, 0.4) is 0 Å². The number of aryl methyl sites for hydroxylation is 1. The number of piperidine rings is 1. The van der Waals surface area contributed by atoms with E-state index in [0.717, 1.165) is 60.4 Å². The Bertz CT molecular complexity index is 783. The zero-order valence-electron chi connectivity index (χ0n) is 15.1. The van der Waals surface area contributed by atoms with Crippen molar-refractivity contribution in [3.05, 3.63) is 16.5 Å². The number of fused-ring (bicyclic) bond motifs is 1. The summed E-state index contributed by atoms with van der Waals surface area (Å²) in [5, 5.41) is 13.2. The monoisotopic (exact) mass is 377 g/mol. The molecule has 1 aliphatic rings. The number of rotatable bonds is 7. The Morgan fingerprint density at radius 1 is 1.46 bits per heavy atom. The van der Waals surface area contributed by atoms with Crippen LogP contribution in [-0.2, 0) is 6.42 Å². The number of nitrogens with zero attached hydrogens (tertiary/aromatic N) is 2. The molecule has 7 nitrogen and oxygen atoms in total. The standard InChI is InChI=1S/C18H27N5O2S/c1-2-3-11-10-13(23-7-4-12(5-8-23)21-6-9-24)22-18-14(11)15(19)16(26-18)17(20)25/h10,12,21,24H,2-9,19H2,1H3,(H2,20,25). The van der Waals surface area contributed by atoms with Gasteiger partial charge >= 0.3 is 0 Å². The summed E-state index contributed by atoms with van der Waals surface area (Å²) in [4.78, 5) is 19.9. The second-order valence-electron chi connectivity index (χ2n) is 6.72. The number of nitrogens with one attached hydrogen (secondary N) is 1. The molecule has 8 heteroatoms. The molecule has 2 aromatic rings. The number of nitrogens with two attached hydrogens (primary N) is 2. The number of pyridine rings is 1. The molecule has 1 fully saturated rings. The number of carbonyl (C=O) groups is 1. The van der Waals surface area contributed by atoms with Crippen molar-refractivity contribution in [2.24, 2.45) is 5.73 Å². The Labute approximate surface area is 157 Å². The summed E-state index contributed by atoms with van der Waals surface area (Å²) >= 11 is 1.28. The molecule has 0 bridgehead atoms. The molecule has 0 saturated carbocycles. The fourth-order valence-corrected chi connectivity index (χ4v) is 4.57. The van der Waals surface area contributed by atoms with Gasteiger partial charge in [-0.1, -0.05) is 13.3 Å². The van der Waals surface area contributed by atoms with E-state index in [-0.39, 0.29) is 6.61 Å². The number of anilines is 2. The van der Waals surface area contributed by atoms with E-state index in [0.29, 0.717) is 23.2 Å². The molecule has 0 radical (unpaired) electrons. The van der Waals surface area contributed by atoms with Crippen LogP contribution in [0.25, 0.3) is 10.2 Å². The van der Waals surface area contributed by atoms with Crippen LogP contribution in [-0.4, -0.2) is 48.3 Å². The van der Waals surface area contributed by atoms with Crippen LogP contribution in [0, 0.1) is 0 Å². The largest absolute Gasteiger partial charge is 0.397 e. The van der Waals surface area contributed by atoms with E-state index < -0.39 is 5.91 Å². The number of amides is 1. The summed E-state index contributed by atoms with van der Waals surface area (Å²) < 4.78 is 0. The van der Waals surface area contributed by atoms with E-state index in [1.165, 1.54) is 11.3 Å². The van der Waals surface area contributed by atoms with E-state index in [2.05, 4.69) is 23.2 Å². The first-order valence-electron chi connectivity index (χ1n) is 9.16. The van der Waals surface area contributed by atoms with Crippen LogP contribution in [0.4, 0.5) is 11.5 Å². The number of nitrogen functional groups attached to an aromatic ring is 1. The van der Waals surface area contributed by atoms with Crippen LogP contribution in [0.15, 0.2) is 6.07 Å².